The van der Waals surface area contributed by atoms with Crippen LogP contribution < -0.4 is 5.32 Å². The van der Waals surface area contributed by atoms with Crippen LogP contribution in [0.15, 0.2) is 0 Å². The highest BCUT2D eigenvalue weighted by Crippen LogP contribution is 2.27. The summed E-state index contributed by atoms with van der Waals surface area (Å²) in [6.07, 6.45) is 5.37. The van der Waals surface area contributed by atoms with Crippen LogP contribution in [0.5, 0.6) is 0 Å². The Balaban J connectivity index is 1.92. The molecule has 2 nitrogen and oxygen atoms in total. The summed E-state index contributed by atoms with van der Waals surface area (Å²) in [5.41, 5.74) is 0. The van der Waals surface area contributed by atoms with E-state index in [1.807, 2.05) is 0 Å². The molecule has 1 aliphatic carbocycles. The minimum absolute atomic E-state index is 0.806. The summed E-state index contributed by atoms with van der Waals surface area (Å²) in [5.74, 6) is 1.81. The van der Waals surface area contributed by atoms with Gasteiger partial charge in [-0.3, -0.25) is 0 Å². The molecule has 0 heterocycles. The van der Waals surface area contributed by atoms with Gasteiger partial charge >= 0.3 is 0 Å². The van der Waals surface area contributed by atoms with Gasteiger partial charge < -0.3 is 10.1 Å². The predicted octanol–water partition coefficient (Wildman–Crippen LogP) is 2.44. The Hall–Kier alpha value is -0.0800. The highest BCUT2D eigenvalue weighted by Gasteiger charge is 2.20. The molecular formula is C12H25NO. The maximum absolute atomic E-state index is 5.38. The lowest BCUT2D eigenvalue weighted by molar-refractivity contribution is 0.131. The van der Waals surface area contributed by atoms with Crippen LogP contribution in [0.1, 0.15) is 39.5 Å². The summed E-state index contributed by atoms with van der Waals surface area (Å²) < 4.78 is 5.38. The summed E-state index contributed by atoms with van der Waals surface area (Å²) >= 11 is 0. The van der Waals surface area contributed by atoms with E-state index in [-0.39, 0.29) is 0 Å². The minimum atomic E-state index is 0.806. The Bertz CT molecular complexity index is 134. The third-order valence-electron chi connectivity index (χ3n) is 3.01. The van der Waals surface area contributed by atoms with Crippen LogP contribution in [-0.2, 0) is 4.74 Å². The zero-order valence-electron chi connectivity index (χ0n) is 9.72. The van der Waals surface area contributed by atoms with E-state index in [2.05, 4.69) is 19.2 Å². The minimum Gasteiger partial charge on any atom is -0.382 e. The third kappa shape index (κ3) is 5.61. The van der Waals surface area contributed by atoms with Gasteiger partial charge in [-0.15, -0.1) is 0 Å². The molecule has 14 heavy (non-hydrogen) atoms. The number of ether oxygens (including phenoxy) is 1. The van der Waals surface area contributed by atoms with Crippen LogP contribution >= 0.6 is 0 Å². The molecule has 1 aliphatic rings. The number of rotatable bonds is 9. The quantitative estimate of drug-likeness (QED) is 0.576. The van der Waals surface area contributed by atoms with Crippen molar-refractivity contribution in [3.8, 4) is 0 Å². The van der Waals surface area contributed by atoms with Crippen molar-refractivity contribution in [3.05, 3.63) is 0 Å². The average Bonchev–Trinajstić information content (AvgIpc) is 2.99. The molecule has 0 aliphatic heterocycles. The zero-order valence-corrected chi connectivity index (χ0v) is 9.72. The van der Waals surface area contributed by atoms with Crippen LogP contribution in [0.2, 0.25) is 0 Å². The molecule has 0 unspecified atom stereocenters. The van der Waals surface area contributed by atoms with Gasteiger partial charge in [0.25, 0.3) is 0 Å². The molecule has 0 aromatic rings. The average molecular weight is 199 g/mol. The van der Waals surface area contributed by atoms with Crippen LogP contribution in [-0.4, -0.2) is 26.3 Å². The van der Waals surface area contributed by atoms with Crippen molar-refractivity contribution in [1.82, 2.24) is 5.32 Å². The molecule has 0 amide bonds. The van der Waals surface area contributed by atoms with Gasteiger partial charge in [0, 0.05) is 13.2 Å². The van der Waals surface area contributed by atoms with E-state index in [0.717, 1.165) is 25.0 Å². The second-order valence-corrected chi connectivity index (χ2v) is 4.36. The second kappa shape index (κ2) is 7.24. The highest BCUT2D eigenvalue weighted by molar-refractivity contribution is 4.75. The number of nitrogens with one attached hydrogen (secondary N) is 1. The molecule has 1 fully saturated rings. The monoisotopic (exact) mass is 199 g/mol. The van der Waals surface area contributed by atoms with Gasteiger partial charge in [0.1, 0.15) is 0 Å². The van der Waals surface area contributed by atoms with Crippen molar-refractivity contribution in [3.63, 3.8) is 0 Å². The zero-order chi connectivity index (χ0) is 10.2. The first-order chi connectivity index (χ1) is 6.86. The van der Waals surface area contributed by atoms with Crippen LogP contribution in [0, 0.1) is 11.8 Å². The Morgan fingerprint density at radius 3 is 2.71 bits per heavy atom. The Morgan fingerprint density at radius 1 is 1.36 bits per heavy atom. The van der Waals surface area contributed by atoms with E-state index in [1.54, 1.807) is 0 Å². The topological polar surface area (TPSA) is 21.3 Å². The van der Waals surface area contributed by atoms with Gasteiger partial charge in [-0.05, 0) is 51.1 Å². The number of hydrogen-bond acceptors (Lipinski definition) is 2. The lowest BCUT2D eigenvalue weighted by Crippen LogP contribution is -2.25. The van der Waals surface area contributed by atoms with Gasteiger partial charge in [0.2, 0.25) is 0 Å². The highest BCUT2D eigenvalue weighted by atomic mass is 16.5. The van der Waals surface area contributed by atoms with Crippen LogP contribution in [0.3, 0.4) is 0 Å². The fraction of sp³-hybridized carbons (Fsp3) is 1.00. The largest absolute Gasteiger partial charge is 0.382 e. The molecule has 0 radical (unpaired) electrons. The van der Waals surface area contributed by atoms with Crippen LogP contribution in [0.25, 0.3) is 0 Å². The fourth-order valence-electron chi connectivity index (χ4n) is 1.66. The first-order valence-electron chi connectivity index (χ1n) is 6.15. The Labute approximate surface area is 88.4 Å². The Kier molecular flexibility index (Phi) is 6.20. The van der Waals surface area contributed by atoms with Gasteiger partial charge in [0.15, 0.2) is 0 Å². The van der Waals surface area contributed by atoms with Gasteiger partial charge in [-0.1, -0.05) is 13.3 Å². The maximum Gasteiger partial charge on any atom is 0.0469 e. The van der Waals surface area contributed by atoms with E-state index >= 15 is 0 Å². The normalized spacial score (nSPS) is 18.4. The molecule has 1 rings (SSSR count). The molecule has 0 bridgehead atoms. The first-order valence-corrected chi connectivity index (χ1v) is 6.15. The van der Waals surface area contributed by atoms with E-state index in [4.69, 9.17) is 4.74 Å². The first kappa shape index (κ1) is 12.0. The predicted molar refractivity (Wildman–Crippen MR) is 60.5 cm³/mol. The van der Waals surface area contributed by atoms with Crippen molar-refractivity contribution in [2.45, 2.75) is 39.5 Å². The second-order valence-electron chi connectivity index (χ2n) is 4.36. The van der Waals surface area contributed by atoms with E-state index < -0.39 is 0 Å². The standard InChI is InChI=1S/C12H25NO/c1-3-11(7-8-14-4-2)9-13-10-12-5-6-12/h11-13H,3-10H2,1-2H3/t11-/m1/s1. The molecule has 0 aromatic heterocycles. The molecule has 0 saturated heterocycles. The molecule has 0 aromatic carbocycles. The molecule has 84 valence electrons. The third-order valence-corrected chi connectivity index (χ3v) is 3.01. The summed E-state index contributed by atoms with van der Waals surface area (Å²) in [6.45, 7) is 8.54. The SMILES string of the molecule is CCOCC[C@@H](CC)CNCC1CC1. The lowest BCUT2D eigenvalue weighted by atomic mass is 10.0. The molecule has 1 atom stereocenters. The summed E-state index contributed by atoms with van der Waals surface area (Å²) in [5, 5.41) is 3.57. The van der Waals surface area contributed by atoms with Crippen molar-refractivity contribution < 1.29 is 4.74 Å². The molecular weight excluding hydrogens is 174 g/mol. The number of hydrogen-bond donors (Lipinski definition) is 1. The lowest BCUT2D eigenvalue weighted by Gasteiger charge is -2.15. The van der Waals surface area contributed by atoms with E-state index in [9.17, 15) is 0 Å². The summed E-state index contributed by atoms with van der Waals surface area (Å²) in [4.78, 5) is 0. The van der Waals surface area contributed by atoms with Gasteiger partial charge in [-0.2, -0.15) is 0 Å². The van der Waals surface area contributed by atoms with E-state index in [0.29, 0.717) is 0 Å². The summed E-state index contributed by atoms with van der Waals surface area (Å²) in [7, 11) is 0. The molecule has 2 heteroatoms. The van der Waals surface area contributed by atoms with E-state index in [1.165, 1.54) is 38.8 Å². The van der Waals surface area contributed by atoms with Crippen molar-refractivity contribution in [2.24, 2.45) is 11.8 Å². The summed E-state index contributed by atoms with van der Waals surface area (Å²) in [6, 6.07) is 0. The fourth-order valence-corrected chi connectivity index (χ4v) is 1.66. The van der Waals surface area contributed by atoms with Gasteiger partial charge in [0.05, 0.1) is 0 Å². The van der Waals surface area contributed by atoms with Crippen molar-refractivity contribution >= 4 is 0 Å². The Morgan fingerprint density at radius 2 is 2.14 bits per heavy atom. The van der Waals surface area contributed by atoms with Crippen LogP contribution in [0.4, 0.5) is 0 Å². The molecule has 1 saturated carbocycles. The smallest absolute Gasteiger partial charge is 0.0469 e. The van der Waals surface area contributed by atoms with Crippen molar-refractivity contribution in [2.75, 3.05) is 26.3 Å². The van der Waals surface area contributed by atoms with Crippen molar-refractivity contribution in [1.29, 1.82) is 0 Å². The molecule has 1 N–H and O–H groups in total. The van der Waals surface area contributed by atoms with Gasteiger partial charge in [-0.25, -0.2) is 0 Å². The maximum atomic E-state index is 5.38. The molecule has 0 spiro atoms.